The molecule has 0 fully saturated rings. The van der Waals surface area contributed by atoms with Gasteiger partial charge in [-0.05, 0) is 74.0 Å². The summed E-state index contributed by atoms with van der Waals surface area (Å²) in [5.74, 6) is 0. The van der Waals surface area contributed by atoms with Gasteiger partial charge in [0, 0.05) is 0 Å². The quantitative estimate of drug-likeness (QED) is 0.190. The monoisotopic (exact) mass is 512 g/mol. The van der Waals surface area contributed by atoms with Crippen LogP contribution in [0.15, 0.2) is 164 Å². The van der Waals surface area contributed by atoms with Gasteiger partial charge in [-0.15, -0.1) is 0 Å². The molecule has 0 aliphatic carbocycles. The van der Waals surface area contributed by atoms with Gasteiger partial charge in [-0.2, -0.15) is 0 Å². The molecule has 40 heavy (non-hydrogen) atoms. The highest BCUT2D eigenvalue weighted by Crippen LogP contribution is 2.25. The van der Waals surface area contributed by atoms with Crippen molar-refractivity contribution >= 4 is 5.57 Å². The van der Waals surface area contributed by atoms with Gasteiger partial charge in [-0.1, -0.05) is 164 Å². The van der Waals surface area contributed by atoms with Gasteiger partial charge in [-0.3, -0.25) is 0 Å². The third kappa shape index (κ3) is 6.03. The lowest BCUT2D eigenvalue weighted by Gasteiger charge is -2.10. The number of hydrogen-bond donors (Lipinski definition) is 0. The van der Waals surface area contributed by atoms with Gasteiger partial charge in [0.2, 0.25) is 0 Å². The molecule has 0 atom stereocenters. The Hall–Kier alpha value is -4.94. The zero-order chi connectivity index (χ0) is 27.1. The normalized spacial score (nSPS) is 10.8. The highest BCUT2D eigenvalue weighted by Gasteiger charge is 2.06. The first kappa shape index (κ1) is 25.3. The molecule has 0 saturated heterocycles. The first-order valence-corrected chi connectivity index (χ1v) is 13.9. The summed E-state index contributed by atoms with van der Waals surface area (Å²) in [6, 6.07) is 56.5. The first-order chi connectivity index (χ1) is 19.7. The highest BCUT2D eigenvalue weighted by atomic mass is 14.1. The largest absolute Gasteiger partial charge is 0.0906 e. The summed E-state index contributed by atoms with van der Waals surface area (Å²) >= 11 is 0. The van der Waals surface area contributed by atoms with E-state index in [0.717, 1.165) is 29.5 Å². The summed E-state index contributed by atoms with van der Waals surface area (Å²) in [5, 5.41) is 0. The van der Waals surface area contributed by atoms with Crippen molar-refractivity contribution in [3.63, 3.8) is 0 Å². The second kappa shape index (κ2) is 11.8. The van der Waals surface area contributed by atoms with E-state index in [-0.39, 0.29) is 0 Å². The molecule has 6 aromatic rings. The number of rotatable bonds is 8. The molecule has 0 nitrogen and oxygen atoms in total. The van der Waals surface area contributed by atoms with Crippen LogP contribution in [0.3, 0.4) is 0 Å². The molecular formula is C40H32. The van der Waals surface area contributed by atoms with E-state index in [4.69, 9.17) is 0 Å². The molecule has 0 aromatic heterocycles. The Morgan fingerprint density at radius 3 is 0.925 bits per heavy atom. The second-order valence-corrected chi connectivity index (χ2v) is 10.4. The Morgan fingerprint density at radius 2 is 0.600 bits per heavy atom. The van der Waals surface area contributed by atoms with Crippen LogP contribution in [0.5, 0.6) is 0 Å². The molecule has 6 rings (SSSR count). The van der Waals surface area contributed by atoms with Gasteiger partial charge < -0.3 is 0 Å². The van der Waals surface area contributed by atoms with E-state index in [1.807, 2.05) is 0 Å². The van der Waals surface area contributed by atoms with Crippen molar-refractivity contribution in [1.29, 1.82) is 0 Å². The maximum Gasteiger partial charge on any atom is -0.00258 e. The van der Waals surface area contributed by atoms with Crippen molar-refractivity contribution in [2.45, 2.75) is 12.8 Å². The molecule has 6 aromatic carbocycles. The summed E-state index contributed by atoms with van der Waals surface area (Å²) < 4.78 is 0. The first-order valence-electron chi connectivity index (χ1n) is 13.9. The van der Waals surface area contributed by atoms with Crippen LogP contribution in [-0.4, -0.2) is 0 Å². The van der Waals surface area contributed by atoms with E-state index in [2.05, 4.69) is 164 Å². The molecule has 0 aliphatic rings. The van der Waals surface area contributed by atoms with E-state index in [9.17, 15) is 0 Å². The van der Waals surface area contributed by atoms with Gasteiger partial charge in [0.05, 0.1) is 0 Å². The lowest BCUT2D eigenvalue weighted by atomic mass is 9.95. The van der Waals surface area contributed by atoms with Crippen LogP contribution >= 0.6 is 0 Å². The van der Waals surface area contributed by atoms with E-state index >= 15 is 0 Å². The molecule has 0 N–H and O–H groups in total. The molecule has 0 unspecified atom stereocenters. The van der Waals surface area contributed by atoms with Gasteiger partial charge in [0.25, 0.3) is 0 Å². The van der Waals surface area contributed by atoms with Gasteiger partial charge >= 0.3 is 0 Å². The molecule has 0 saturated carbocycles. The Bertz CT molecular complexity index is 1540. The third-order valence-electron chi connectivity index (χ3n) is 7.54. The summed E-state index contributed by atoms with van der Waals surface area (Å²) in [7, 11) is 0. The van der Waals surface area contributed by atoms with Crippen molar-refractivity contribution in [3.8, 4) is 22.3 Å². The van der Waals surface area contributed by atoms with Crippen LogP contribution in [0, 0.1) is 0 Å². The summed E-state index contributed by atoms with van der Waals surface area (Å²) in [6.45, 7) is 4.40. The molecule has 0 aliphatic heterocycles. The average molecular weight is 513 g/mol. The van der Waals surface area contributed by atoms with E-state index in [1.54, 1.807) is 0 Å². The Balaban J connectivity index is 1.07. The topological polar surface area (TPSA) is 0 Å². The summed E-state index contributed by atoms with van der Waals surface area (Å²) in [5.41, 5.74) is 13.6. The van der Waals surface area contributed by atoms with Crippen molar-refractivity contribution in [3.05, 3.63) is 198 Å². The molecule has 0 bridgehead atoms. The molecule has 0 amide bonds. The predicted octanol–water partition coefficient (Wildman–Crippen LogP) is 10.3. The maximum absolute atomic E-state index is 4.40. The average Bonchev–Trinajstić information content (AvgIpc) is 3.03. The minimum Gasteiger partial charge on any atom is -0.0906 e. The SMILES string of the molecule is C=C(c1ccc(Cc2ccc(-c3ccccc3)cc2)cc1)c1ccc(Cc2ccc(-c3ccccc3)cc2)cc1. The minimum absolute atomic E-state index is 0.919. The highest BCUT2D eigenvalue weighted by molar-refractivity contribution is 5.78. The van der Waals surface area contributed by atoms with Crippen molar-refractivity contribution in [2.75, 3.05) is 0 Å². The smallest absolute Gasteiger partial charge is 0.00258 e. The third-order valence-corrected chi connectivity index (χ3v) is 7.54. The fraction of sp³-hybridized carbons (Fsp3) is 0.0500. The van der Waals surface area contributed by atoms with Crippen molar-refractivity contribution < 1.29 is 0 Å². The minimum atomic E-state index is 0.919. The Kier molecular flexibility index (Phi) is 7.51. The predicted molar refractivity (Wildman–Crippen MR) is 170 cm³/mol. The summed E-state index contributed by atoms with van der Waals surface area (Å²) in [6.07, 6.45) is 1.84. The van der Waals surface area contributed by atoms with Crippen molar-refractivity contribution in [1.82, 2.24) is 0 Å². The molecular weight excluding hydrogens is 480 g/mol. The van der Waals surface area contributed by atoms with Gasteiger partial charge in [0.1, 0.15) is 0 Å². The van der Waals surface area contributed by atoms with E-state index < -0.39 is 0 Å². The van der Waals surface area contributed by atoms with Crippen LogP contribution in [0.1, 0.15) is 33.4 Å². The lowest BCUT2D eigenvalue weighted by Crippen LogP contribution is -1.92. The standard InChI is InChI=1S/C40H32/c1-30(35-20-12-31(13-21-35)28-33-16-24-39(25-17-33)37-8-4-2-5-9-37)36-22-14-32(15-23-36)29-34-18-26-40(27-19-34)38-10-6-3-7-11-38/h2-27H,1,28-29H2. The molecule has 0 radical (unpaired) electrons. The van der Waals surface area contributed by atoms with Crippen LogP contribution < -0.4 is 0 Å². The zero-order valence-electron chi connectivity index (χ0n) is 22.6. The molecule has 0 heteroatoms. The van der Waals surface area contributed by atoms with Crippen LogP contribution in [-0.2, 0) is 12.8 Å². The van der Waals surface area contributed by atoms with Gasteiger partial charge in [-0.25, -0.2) is 0 Å². The van der Waals surface area contributed by atoms with Crippen LogP contribution in [0.25, 0.3) is 27.8 Å². The number of hydrogen-bond acceptors (Lipinski definition) is 0. The van der Waals surface area contributed by atoms with Crippen molar-refractivity contribution in [2.24, 2.45) is 0 Å². The Labute approximate surface area is 237 Å². The Morgan fingerprint density at radius 1 is 0.325 bits per heavy atom. The second-order valence-electron chi connectivity index (χ2n) is 10.4. The maximum atomic E-state index is 4.40. The van der Waals surface area contributed by atoms with Crippen LogP contribution in [0.2, 0.25) is 0 Å². The van der Waals surface area contributed by atoms with E-state index in [0.29, 0.717) is 0 Å². The van der Waals surface area contributed by atoms with Crippen LogP contribution in [0.4, 0.5) is 0 Å². The van der Waals surface area contributed by atoms with E-state index in [1.165, 1.54) is 44.5 Å². The summed E-state index contributed by atoms with van der Waals surface area (Å²) in [4.78, 5) is 0. The lowest BCUT2D eigenvalue weighted by molar-refractivity contribution is 1.19. The molecule has 0 heterocycles. The fourth-order valence-corrected chi connectivity index (χ4v) is 5.18. The van der Waals surface area contributed by atoms with Gasteiger partial charge in [0.15, 0.2) is 0 Å². The number of benzene rings is 6. The zero-order valence-corrected chi connectivity index (χ0v) is 22.6. The molecule has 192 valence electrons. The molecule has 0 spiro atoms. The fourth-order valence-electron chi connectivity index (χ4n) is 5.18.